The van der Waals surface area contributed by atoms with Gasteiger partial charge in [0.1, 0.15) is 0 Å². The van der Waals surface area contributed by atoms with Gasteiger partial charge in [-0.3, -0.25) is 4.90 Å². The van der Waals surface area contributed by atoms with Gasteiger partial charge in [0, 0.05) is 26.1 Å². The highest BCUT2D eigenvalue weighted by atomic mass is 35.5. The Labute approximate surface area is 224 Å². The van der Waals surface area contributed by atoms with Crippen LogP contribution in [0.3, 0.4) is 0 Å². The van der Waals surface area contributed by atoms with Crippen LogP contribution in [0.25, 0.3) is 17.2 Å². The van der Waals surface area contributed by atoms with E-state index in [1.54, 1.807) is 6.07 Å². The first-order valence-corrected chi connectivity index (χ1v) is 13.1. The Hall–Kier alpha value is -2.96. The number of allylic oxidation sites excluding steroid dienone is 1. The molecule has 198 valence electrons. The largest absolute Gasteiger partial charge is 0.417 e. The molecule has 1 heterocycles. The van der Waals surface area contributed by atoms with Crippen molar-refractivity contribution in [3.63, 3.8) is 0 Å². The normalized spacial score (nSPS) is 16.3. The number of likely N-dealkylation sites (tertiary alicyclic amines) is 1. The molecule has 0 bridgehead atoms. The van der Waals surface area contributed by atoms with Crippen LogP contribution in [0.2, 0.25) is 5.02 Å². The Kier molecular flexibility index (Phi) is 7.73. The molecule has 1 saturated heterocycles. The molecule has 0 saturated carbocycles. The summed E-state index contributed by atoms with van der Waals surface area (Å²) in [6, 6.07) is 20.1. The highest BCUT2D eigenvalue weighted by molar-refractivity contribution is 6.33. The maximum atomic E-state index is 13.7. The molecule has 0 amide bonds. The molecule has 0 unspecified atom stereocenters. The second kappa shape index (κ2) is 11.0. The van der Waals surface area contributed by atoms with Crippen LogP contribution in [-0.4, -0.2) is 31.0 Å². The summed E-state index contributed by atoms with van der Waals surface area (Å²) in [7, 11) is 0. The fourth-order valence-corrected chi connectivity index (χ4v) is 5.70. The smallest absolute Gasteiger partial charge is 0.295 e. The molecule has 0 N–H and O–H groups in total. The second-order valence-electron chi connectivity index (χ2n) is 9.84. The summed E-state index contributed by atoms with van der Waals surface area (Å²) >= 11 is 6.41. The van der Waals surface area contributed by atoms with Crippen molar-refractivity contribution in [2.75, 3.05) is 19.6 Å². The van der Waals surface area contributed by atoms with Crippen molar-refractivity contribution < 1.29 is 22.0 Å². The topological polar surface area (TPSA) is 3.24 Å². The SMILES string of the molecule is FC(F)CCN1CC(=Cc2ccc(C3=C(c4cccc(C(F)(F)F)c4Cl)CCCc4ccccc43)cc2)C1. The quantitative estimate of drug-likeness (QED) is 0.280. The van der Waals surface area contributed by atoms with Crippen molar-refractivity contribution in [1.29, 1.82) is 0 Å². The molecule has 7 heteroatoms. The van der Waals surface area contributed by atoms with Crippen LogP contribution >= 0.6 is 11.6 Å². The molecule has 3 aromatic carbocycles. The zero-order valence-corrected chi connectivity index (χ0v) is 21.4. The third-order valence-corrected chi connectivity index (χ3v) is 7.58. The Morgan fingerprint density at radius 2 is 1.58 bits per heavy atom. The predicted octanol–water partition coefficient (Wildman–Crippen LogP) is 9.01. The van der Waals surface area contributed by atoms with E-state index in [9.17, 15) is 22.0 Å². The van der Waals surface area contributed by atoms with Gasteiger partial charge in [-0.05, 0) is 69.9 Å². The van der Waals surface area contributed by atoms with Crippen molar-refractivity contribution in [3.05, 3.63) is 111 Å². The summed E-state index contributed by atoms with van der Waals surface area (Å²) in [5, 5.41) is -0.269. The van der Waals surface area contributed by atoms with Gasteiger partial charge in [0.05, 0.1) is 10.6 Å². The Morgan fingerprint density at radius 1 is 0.868 bits per heavy atom. The number of fused-ring (bicyclic) bond motifs is 1. The minimum atomic E-state index is -4.54. The maximum absolute atomic E-state index is 13.7. The van der Waals surface area contributed by atoms with E-state index in [2.05, 4.69) is 12.1 Å². The Balaban J connectivity index is 1.52. The van der Waals surface area contributed by atoms with E-state index >= 15 is 0 Å². The Bertz CT molecular complexity index is 1360. The lowest BCUT2D eigenvalue weighted by Crippen LogP contribution is -2.40. The van der Waals surface area contributed by atoms with Crippen molar-refractivity contribution >= 4 is 28.8 Å². The van der Waals surface area contributed by atoms with Crippen LogP contribution in [-0.2, 0) is 12.6 Å². The van der Waals surface area contributed by atoms with Crippen molar-refractivity contribution in [2.45, 2.75) is 38.3 Å². The fourth-order valence-electron chi connectivity index (χ4n) is 5.35. The molecule has 0 atom stereocenters. The molecule has 38 heavy (non-hydrogen) atoms. The average molecular weight is 544 g/mol. The molecular formula is C31H27ClF5N. The molecule has 1 aliphatic carbocycles. The number of benzene rings is 3. The summed E-state index contributed by atoms with van der Waals surface area (Å²) < 4.78 is 65.9. The molecule has 1 aliphatic heterocycles. The summed E-state index contributed by atoms with van der Waals surface area (Å²) in [5.74, 6) is 0. The monoisotopic (exact) mass is 543 g/mol. The zero-order chi connectivity index (χ0) is 26.9. The van der Waals surface area contributed by atoms with Crippen molar-refractivity contribution in [3.8, 4) is 0 Å². The number of hydrogen-bond donors (Lipinski definition) is 0. The third kappa shape index (κ3) is 5.71. The van der Waals surface area contributed by atoms with E-state index in [0.29, 0.717) is 31.6 Å². The van der Waals surface area contributed by atoms with Gasteiger partial charge in [-0.1, -0.05) is 78.3 Å². The second-order valence-corrected chi connectivity index (χ2v) is 10.2. The summed E-state index contributed by atoms with van der Waals surface area (Å²) in [6.45, 7) is 1.76. The lowest BCUT2D eigenvalue weighted by atomic mass is 9.87. The number of aryl methyl sites for hydroxylation is 1. The minimum absolute atomic E-state index is 0.114. The maximum Gasteiger partial charge on any atom is 0.417 e. The number of hydrogen-bond acceptors (Lipinski definition) is 1. The summed E-state index contributed by atoms with van der Waals surface area (Å²) in [4.78, 5) is 1.99. The molecule has 1 fully saturated rings. The third-order valence-electron chi connectivity index (χ3n) is 7.18. The van der Waals surface area contributed by atoms with Gasteiger partial charge in [-0.15, -0.1) is 0 Å². The molecule has 0 spiro atoms. The summed E-state index contributed by atoms with van der Waals surface area (Å²) in [5.41, 5.74) is 6.56. The lowest BCUT2D eigenvalue weighted by Gasteiger charge is -2.34. The molecule has 1 nitrogen and oxygen atoms in total. The lowest BCUT2D eigenvalue weighted by molar-refractivity contribution is -0.137. The standard InChI is InChI=1S/C31H27ClF5N/c32-30-26(9-4-10-27(30)31(35,36)37)25-8-3-6-22-5-1-2-7-24(22)29(25)23-13-11-20(12-14-23)17-21-18-38(19-21)16-15-28(33)34/h1-2,4-5,7,9-14,17,28H,3,6,8,15-16,18-19H2. The molecule has 0 aromatic heterocycles. The minimum Gasteiger partial charge on any atom is -0.295 e. The number of rotatable bonds is 6. The average Bonchev–Trinajstić information content (AvgIpc) is 3.04. The van der Waals surface area contributed by atoms with Crippen LogP contribution in [0.4, 0.5) is 22.0 Å². The molecule has 0 radical (unpaired) electrons. The summed E-state index contributed by atoms with van der Waals surface area (Å²) in [6.07, 6.45) is -2.64. The first-order chi connectivity index (χ1) is 18.2. The fraction of sp³-hybridized carbons (Fsp3) is 0.290. The van der Waals surface area contributed by atoms with E-state index in [0.717, 1.165) is 52.3 Å². The number of nitrogens with zero attached hydrogens (tertiary/aromatic N) is 1. The van der Waals surface area contributed by atoms with Crippen LogP contribution < -0.4 is 0 Å². The van der Waals surface area contributed by atoms with Crippen molar-refractivity contribution in [1.82, 2.24) is 4.90 Å². The van der Waals surface area contributed by atoms with Crippen LogP contribution in [0.5, 0.6) is 0 Å². The molecule has 5 rings (SSSR count). The molecule has 2 aliphatic rings. The van der Waals surface area contributed by atoms with E-state index in [1.165, 1.54) is 11.6 Å². The van der Waals surface area contributed by atoms with Crippen LogP contribution in [0, 0.1) is 0 Å². The van der Waals surface area contributed by atoms with Crippen LogP contribution in [0.1, 0.15) is 52.6 Å². The zero-order valence-electron chi connectivity index (χ0n) is 20.7. The van der Waals surface area contributed by atoms with Crippen molar-refractivity contribution in [2.24, 2.45) is 0 Å². The van der Waals surface area contributed by atoms with Gasteiger partial charge in [-0.25, -0.2) is 8.78 Å². The highest BCUT2D eigenvalue weighted by Crippen LogP contribution is 2.44. The Morgan fingerprint density at radius 3 is 2.29 bits per heavy atom. The van der Waals surface area contributed by atoms with E-state index in [4.69, 9.17) is 11.6 Å². The highest BCUT2D eigenvalue weighted by Gasteiger charge is 2.34. The van der Waals surface area contributed by atoms with Gasteiger partial charge in [0.25, 0.3) is 0 Å². The van der Waals surface area contributed by atoms with Gasteiger partial charge >= 0.3 is 6.18 Å². The predicted molar refractivity (Wildman–Crippen MR) is 143 cm³/mol. The van der Waals surface area contributed by atoms with Gasteiger partial charge < -0.3 is 0 Å². The van der Waals surface area contributed by atoms with Gasteiger partial charge in [0.15, 0.2) is 0 Å². The van der Waals surface area contributed by atoms with Gasteiger partial charge in [0.2, 0.25) is 6.43 Å². The van der Waals surface area contributed by atoms with E-state index < -0.39 is 18.2 Å². The first kappa shape index (κ1) is 26.6. The number of halogens is 6. The molecular weight excluding hydrogens is 517 g/mol. The first-order valence-electron chi connectivity index (χ1n) is 12.7. The van der Waals surface area contributed by atoms with E-state index in [1.807, 2.05) is 47.4 Å². The number of alkyl halides is 5. The van der Waals surface area contributed by atoms with Crippen LogP contribution in [0.15, 0.2) is 72.3 Å². The van der Waals surface area contributed by atoms with E-state index in [-0.39, 0.29) is 11.4 Å². The van der Waals surface area contributed by atoms with Gasteiger partial charge in [-0.2, -0.15) is 13.2 Å². The molecule has 3 aromatic rings.